The minimum absolute atomic E-state index is 0.130. The molecule has 20 heavy (non-hydrogen) atoms. The molecule has 7 heteroatoms. The standard InChI is InChI=1S/C13H25NO5S/c1-5-6-9-18-10-13(7-8-13)20(16,17)14-11(15)19-12(2,3)4/h5-10H2,1-4H3,(H,14,15). The Kier molecular flexibility index (Phi) is 5.43. The van der Waals surface area contributed by atoms with Gasteiger partial charge < -0.3 is 9.47 Å². The summed E-state index contributed by atoms with van der Waals surface area (Å²) in [7, 11) is -3.76. The van der Waals surface area contributed by atoms with Gasteiger partial charge in [0.1, 0.15) is 10.3 Å². The third-order valence-corrected chi connectivity index (χ3v) is 5.10. The van der Waals surface area contributed by atoms with Crippen LogP contribution in [0, 0.1) is 0 Å². The highest BCUT2D eigenvalue weighted by molar-refractivity contribution is 7.91. The van der Waals surface area contributed by atoms with Crippen LogP contribution in [0.2, 0.25) is 0 Å². The van der Waals surface area contributed by atoms with Crippen LogP contribution in [0.15, 0.2) is 0 Å². The average Bonchev–Trinajstić information content (AvgIpc) is 3.02. The first-order valence-corrected chi connectivity index (χ1v) is 8.43. The first kappa shape index (κ1) is 17.2. The number of amides is 1. The minimum Gasteiger partial charge on any atom is -0.443 e. The third kappa shape index (κ3) is 4.94. The maximum Gasteiger partial charge on any atom is 0.421 e. The number of hydrogen-bond acceptors (Lipinski definition) is 5. The minimum atomic E-state index is -3.76. The Labute approximate surface area is 121 Å². The first-order valence-electron chi connectivity index (χ1n) is 6.95. The lowest BCUT2D eigenvalue weighted by atomic mass is 10.2. The SMILES string of the molecule is CCCCOCC1(S(=O)(=O)NC(=O)OC(C)(C)C)CC1. The van der Waals surface area contributed by atoms with Gasteiger partial charge in [0.2, 0.25) is 10.0 Å². The lowest BCUT2D eigenvalue weighted by Crippen LogP contribution is -2.44. The fourth-order valence-electron chi connectivity index (χ4n) is 1.65. The van der Waals surface area contributed by atoms with Crippen molar-refractivity contribution in [3.8, 4) is 0 Å². The van der Waals surface area contributed by atoms with Gasteiger partial charge in [-0.1, -0.05) is 13.3 Å². The topological polar surface area (TPSA) is 81.7 Å². The van der Waals surface area contributed by atoms with Crippen LogP contribution in [-0.2, 0) is 19.5 Å². The zero-order valence-electron chi connectivity index (χ0n) is 12.7. The van der Waals surface area contributed by atoms with E-state index in [0.717, 1.165) is 12.8 Å². The molecule has 1 rings (SSSR count). The summed E-state index contributed by atoms with van der Waals surface area (Å²) in [5.74, 6) is 0. The number of sulfonamides is 1. The van der Waals surface area contributed by atoms with E-state index < -0.39 is 26.5 Å². The smallest absolute Gasteiger partial charge is 0.421 e. The van der Waals surface area contributed by atoms with Gasteiger partial charge in [-0.05, 0) is 40.0 Å². The Balaban J connectivity index is 2.53. The van der Waals surface area contributed by atoms with Crippen LogP contribution in [0.25, 0.3) is 0 Å². The molecule has 1 fully saturated rings. The van der Waals surface area contributed by atoms with Crippen LogP contribution in [0.3, 0.4) is 0 Å². The van der Waals surface area contributed by atoms with Gasteiger partial charge in [-0.2, -0.15) is 0 Å². The second kappa shape index (κ2) is 6.30. The summed E-state index contributed by atoms with van der Waals surface area (Å²) >= 11 is 0. The molecular formula is C13H25NO5S. The highest BCUT2D eigenvalue weighted by Gasteiger charge is 2.55. The van der Waals surface area contributed by atoms with Gasteiger partial charge in [-0.3, -0.25) is 0 Å². The van der Waals surface area contributed by atoms with E-state index in [1.165, 1.54) is 0 Å². The molecular weight excluding hydrogens is 282 g/mol. The van der Waals surface area contributed by atoms with Gasteiger partial charge in [-0.15, -0.1) is 0 Å². The number of carbonyl (C=O) groups excluding carboxylic acids is 1. The summed E-state index contributed by atoms with van der Waals surface area (Å²) in [6.45, 7) is 7.75. The van der Waals surface area contributed by atoms with E-state index >= 15 is 0 Å². The van der Waals surface area contributed by atoms with E-state index in [-0.39, 0.29) is 6.61 Å². The van der Waals surface area contributed by atoms with Gasteiger partial charge in [0.05, 0.1) is 6.61 Å². The number of ether oxygens (including phenoxy) is 2. The molecule has 6 nitrogen and oxygen atoms in total. The maximum atomic E-state index is 12.2. The maximum absolute atomic E-state index is 12.2. The van der Waals surface area contributed by atoms with Crippen molar-refractivity contribution in [1.82, 2.24) is 4.72 Å². The number of rotatable bonds is 7. The molecule has 118 valence electrons. The lowest BCUT2D eigenvalue weighted by molar-refractivity contribution is 0.0568. The van der Waals surface area contributed by atoms with Gasteiger partial charge in [0, 0.05) is 6.61 Å². The van der Waals surface area contributed by atoms with E-state index in [2.05, 4.69) is 0 Å². The summed E-state index contributed by atoms with van der Waals surface area (Å²) < 4.78 is 35.8. The van der Waals surface area contributed by atoms with Gasteiger partial charge in [0.15, 0.2) is 0 Å². The Morgan fingerprint density at radius 1 is 1.30 bits per heavy atom. The first-order chi connectivity index (χ1) is 9.12. The van der Waals surface area contributed by atoms with Gasteiger partial charge >= 0.3 is 6.09 Å². The molecule has 1 aliphatic rings. The third-order valence-electron chi connectivity index (χ3n) is 3.00. The molecule has 1 N–H and O–H groups in total. The largest absolute Gasteiger partial charge is 0.443 e. The van der Waals surface area contributed by atoms with Crippen LogP contribution in [0.1, 0.15) is 53.4 Å². The van der Waals surface area contributed by atoms with Crippen molar-refractivity contribution in [3.63, 3.8) is 0 Å². The highest BCUT2D eigenvalue weighted by atomic mass is 32.2. The molecule has 0 saturated heterocycles. The van der Waals surface area contributed by atoms with Gasteiger partial charge in [-0.25, -0.2) is 17.9 Å². The molecule has 0 aromatic carbocycles. The van der Waals surface area contributed by atoms with Crippen molar-refractivity contribution in [2.24, 2.45) is 0 Å². The Hall–Kier alpha value is -0.820. The summed E-state index contributed by atoms with van der Waals surface area (Å²) in [5.41, 5.74) is -0.728. The zero-order valence-corrected chi connectivity index (χ0v) is 13.5. The number of carbonyl (C=O) groups is 1. The second-order valence-electron chi connectivity index (χ2n) is 6.20. The molecule has 0 aromatic rings. The quantitative estimate of drug-likeness (QED) is 0.729. The summed E-state index contributed by atoms with van der Waals surface area (Å²) in [4.78, 5) is 11.6. The van der Waals surface area contributed by atoms with Crippen LogP contribution in [-0.4, -0.2) is 38.1 Å². The van der Waals surface area contributed by atoms with E-state index in [1.54, 1.807) is 20.8 Å². The van der Waals surface area contributed by atoms with E-state index in [9.17, 15) is 13.2 Å². The molecule has 1 saturated carbocycles. The van der Waals surface area contributed by atoms with Crippen molar-refractivity contribution in [1.29, 1.82) is 0 Å². The Bertz CT molecular complexity index is 434. The predicted octanol–water partition coefficient (Wildman–Crippen LogP) is 2.19. The van der Waals surface area contributed by atoms with Crippen LogP contribution >= 0.6 is 0 Å². The van der Waals surface area contributed by atoms with Crippen molar-refractivity contribution in [2.75, 3.05) is 13.2 Å². The summed E-state index contributed by atoms with van der Waals surface area (Å²) in [6.07, 6.45) is 1.98. The molecule has 0 bridgehead atoms. The van der Waals surface area contributed by atoms with Crippen LogP contribution in [0.4, 0.5) is 4.79 Å². The highest BCUT2D eigenvalue weighted by Crippen LogP contribution is 2.43. The fraction of sp³-hybridized carbons (Fsp3) is 0.923. The van der Waals surface area contributed by atoms with E-state index in [1.807, 2.05) is 11.6 Å². The molecule has 0 aliphatic heterocycles. The predicted molar refractivity (Wildman–Crippen MR) is 76.0 cm³/mol. The zero-order chi connectivity index (χ0) is 15.4. The van der Waals surface area contributed by atoms with E-state index in [0.29, 0.717) is 19.4 Å². The lowest BCUT2D eigenvalue weighted by Gasteiger charge is -2.22. The van der Waals surface area contributed by atoms with Crippen molar-refractivity contribution >= 4 is 16.1 Å². The van der Waals surface area contributed by atoms with Crippen LogP contribution in [0.5, 0.6) is 0 Å². The molecule has 1 amide bonds. The van der Waals surface area contributed by atoms with E-state index in [4.69, 9.17) is 9.47 Å². The Morgan fingerprint density at radius 2 is 1.90 bits per heavy atom. The summed E-state index contributed by atoms with van der Waals surface area (Å²) in [6, 6.07) is 0. The molecule has 0 unspecified atom stereocenters. The molecule has 0 spiro atoms. The molecule has 0 radical (unpaired) electrons. The summed E-state index contributed by atoms with van der Waals surface area (Å²) in [5, 5.41) is 0. The number of nitrogens with one attached hydrogen (secondary N) is 1. The van der Waals surface area contributed by atoms with Crippen molar-refractivity contribution in [3.05, 3.63) is 0 Å². The number of hydrogen-bond donors (Lipinski definition) is 1. The second-order valence-corrected chi connectivity index (χ2v) is 8.27. The van der Waals surface area contributed by atoms with Gasteiger partial charge in [0.25, 0.3) is 0 Å². The van der Waals surface area contributed by atoms with Crippen molar-refractivity contribution < 1.29 is 22.7 Å². The van der Waals surface area contributed by atoms with Crippen LogP contribution < -0.4 is 4.72 Å². The molecule has 0 atom stereocenters. The average molecular weight is 307 g/mol. The number of unbranched alkanes of at least 4 members (excludes halogenated alkanes) is 1. The monoisotopic (exact) mass is 307 g/mol. The molecule has 0 heterocycles. The normalized spacial score (nSPS) is 17.6. The van der Waals surface area contributed by atoms with Crippen molar-refractivity contribution in [2.45, 2.75) is 63.7 Å². The molecule has 1 aliphatic carbocycles. The Morgan fingerprint density at radius 3 is 2.35 bits per heavy atom. The fourth-order valence-corrected chi connectivity index (χ4v) is 3.01. The molecule has 0 aromatic heterocycles.